The van der Waals surface area contributed by atoms with Crippen LogP contribution in [0, 0.1) is 0 Å². The van der Waals surface area contributed by atoms with Crippen molar-refractivity contribution < 1.29 is 45.4 Å². The molecule has 0 aliphatic carbocycles. The van der Waals surface area contributed by atoms with Gasteiger partial charge in [0.2, 0.25) is 12.8 Å². The van der Waals surface area contributed by atoms with Crippen LogP contribution < -0.4 is 0 Å². The summed E-state index contributed by atoms with van der Waals surface area (Å²) < 4.78 is 102. The second-order valence-electron chi connectivity index (χ2n) is 3.80. The lowest BCUT2D eigenvalue weighted by Gasteiger charge is -2.50. The summed E-state index contributed by atoms with van der Waals surface area (Å²) in [4.78, 5) is 20.0. The molecule has 16 heteroatoms. The maximum Gasteiger partial charge on any atom is 0.212 e. The molecule has 1 fully saturated rings. The molecule has 1 saturated heterocycles. The highest BCUT2D eigenvalue weighted by molar-refractivity contribution is 5.53. The maximum absolute atomic E-state index is 12.7. The Morgan fingerprint density at radius 1 is 0.545 bits per heavy atom. The molecule has 22 heavy (non-hydrogen) atoms. The van der Waals surface area contributed by atoms with Gasteiger partial charge in [-0.05, 0) is 0 Å². The zero-order chi connectivity index (χ0) is 17.2. The van der Waals surface area contributed by atoms with Crippen LogP contribution in [0.1, 0.15) is 0 Å². The zero-order valence-electron chi connectivity index (χ0n) is 9.99. The van der Waals surface area contributed by atoms with Crippen LogP contribution in [0.25, 0.3) is 0 Å². The van der Waals surface area contributed by atoms with Crippen molar-refractivity contribution in [1.82, 2.24) is 31.2 Å². The summed E-state index contributed by atoms with van der Waals surface area (Å²) in [6, 6.07) is 0. The van der Waals surface area contributed by atoms with Gasteiger partial charge in [0, 0.05) is 21.4 Å². The third-order valence-corrected chi connectivity index (χ3v) is 2.80. The zero-order valence-corrected chi connectivity index (χ0v) is 9.99. The lowest BCUT2D eigenvalue weighted by molar-refractivity contribution is -0.390. The molecule has 8 nitrogen and oxygen atoms in total. The molecule has 4 unspecified atom stereocenters. The number of carbonyl (C=O) groups excluding carboxylic acids is 2. The molecule has 1 heterocycles. The fourth-order valence-corrected chi connectivity index (χ4v) is 1.98. The van der Waals surface area contributed by atoms with E-state index in [-0.39, 0.29) is 0 Å². The highest BCUT2D eigenvalue weighted by Crippen LogP contribution is 2.34. The van der Waals surface area contributed by atoms with E-state index in [9.17, 15) is 45.4 Å². The van der Waals surface area contributed by atoms with Crippen LogP contribution >= 0.6 is 0 Å². The van der Waals surface area contributed by atoms with E-state index in [0.717, 1.165) is 0 Å². The Balaban J connectivity index is 3.47. The van der Waals surface area contributed by atoms with Crippen LogP contribution in [0.2, 0.25) is 0 Å². The van der Waals surface area contributed by atoms with Gasteiger partial charge in [-0.25, -0.2) is 0 Å². The first kappa shape index (κ1) is 18.3. The SMILES string of the molecule is O=CN1C(N(F)F)C(N(F)F)N(C=O)C(N(F)F)C1N(F)F. The Labute approximate surface area is 115 Å². The van der Waals surface area contributed by atoms with Crippen molar-refractivity contribution in [1.29, 1.82) is 0 Å². The highest BCUT2D eigenvalue weighted by Gasteiger charge is 2.59. The molecule has 1 aliphatic heterocycles. The minimum absolute atomic E-state index is 0.673. The van der Waals surface area contributed by atoms with Crippen LogP contribution in [0.4, 0.5) is 35.9 Å². The molecule has 128 valence electrons. The van der Waals surface area contributed by atoms with E-state index >= 15 is 0 Å². The van der Waals surface area contributed by atoms with E-state index in [0.29, 0.717) is 0 Å². The van der Waals surface area contributed by atoms with Crippen molar-refractivity contribution in [3.8, 4) is 0 Å². The normalized spacial score (nSPS) is 29.8. The number of rotatable bonds is 6. The van der Waals surface area contributed by atoms with E-state index in [1.54, 1.807) is 0 Å². The van der Waals surface area contributed by atoms with E-state index in [1.807, 2.05) is 0 Å². The van der Waals surface area contributed by atoms with Crippen molar-refractivity contribution in [2.45, 2.75) is 24.7 Å². The highest BCUT2D eigenvalue weighted by atomic mass is 19.4. The maximum atomic E-state index is 12.7. The molecule has 0 N–H and O–H groups in total. The first-order valence-electron chi connectivity index (χ1n) is 5.07. The summed E-state index contributed by atoms with van der Waals surface area (Å²) in [5.74, 6) is 0. The van der Waals surface area contributed by atoms with Crippen molar-refractivity contribution in [3.05, 3.63) is 0 Å². The van der Waals surface area contributed by atoms with Crippen molar-refractivity contribution in [3.63, 3.8) is 0 Å². The summed E-state index contributed by atoms with van der Waals surface area (Å²) in [6.07, 6.45) is -14.0. The molecule has 0 spiro atoms. The van der Waals surface area contributed by atoms with Gasteiger partial charge < -0.3 is 0 Å². The van der Waals surface area contributed by atoms with Crippen LogP contribution in [0.15, 0.2) is 0 Å². The van der Waals surface area contributed by atoms with Crippen LogP contribution in [-0.2, 0) is 9.59 Å². The molecule has 0 aromatic heterocycles. The minimum atomic E-state index is -3.13. The molecule has 2 amide bonds. The molecule has 0 saturated carbocycles. The number of carbonyl (C=O) groups is 2. The van der Waals surface area contributed by atoms with Crippen LogP contribution in [0.5, 0.6) is 0 Å². The van der Waals surface area contributed by atoms with Gasteiger partial charge >= 0.3 is 0 Å². The van der Waals surface area contributed by atoms with Gasteiger partial charge in [0.05, 0.1) is 0 Å². The fraction of sp³-hybridized carbons (Fsp3) is 0.667. The Bertz CT molecular complexity index is 337. The van der Waals surface area contributed by atoms with Crippen molar-refractivity contribution >= 4 is 12.8 Å². The lowest BCUT2D eigenvalue weighted by Crippen LogP contribution is -2.76. The van der Waals surface area contributed by atoms with Crippen LogP contribution in [-0.4, -0.2) is 68.7 Å². The smallest absolute Gasteiger partial charge is 0.212 e. The lowest BCUT2D eigenvalue weighted by atomic mass is 10.1. The Morgan fingerprint density at radius 3 is 0.818 bits per heavy atom. The molecule has 1 rings (SSSR count). The predicted molar refractivity (Wildman–Crippen MR) is 47.2 cm³/mol. The molecule has 0 aromatic carbocycles. The molecule has 1 aliphatic rings. The third-order valence-electron chi connectivity index (χ3n) is 2.80. The second kappa shape index (κ2) is 6.99. The summed E-state index contributed by atoms with van der Waals surface area (Å²) in [5.41, 5.74) is 0. The monoisotopic (exact) mass is 346 g/mol. The van der Waals surface area contributed by atoms with E-state index in [4.69, 9.17) is 0 Å². The van der Waals surface area contributed by atoms with E-state index in [2.05, 4.69) is 0 Å². The van der Waals surface area contributed by atoms with Gasteiger partial charge in [0.25, 0.3) is 0 Å². The summed E-state index contributed by atoms with van der Waals surface area (Å²) in [6.45, 7) is 0. The van der Waals surface area contributed by atoms with E-state index in [1.165, 1.54) is 0 Å². The van der Waals surface area contributed by atoms with Gasteiger partial charge in [-0.1, -0.05) is 35.9 Å². The standard InChI is InChI=1S/C6H6F8N6O2/c7-17(8)3-5(19(11)12)16(2-22)6(20(13)14)4(18(9)10)15(3)1-21/h1-6H. The average Bonchev–Trinajstić information content (AvgIpc) is 2.42. The molecular weight excluding hydrogens is 340 g/mol. The Morgan fingerprint density at radius 2 is 0.727 bits per heavy atom. The number of hydrogen-bond acceptors (Lipinski definition) is 6. The van der Waals surface area contributed by atoms with Gasteiger partial charge in [-0.3, -0.25) is 19.4 Å². The number of hydrogen-bond donors (Lipinski definition) is 0. The Hall–Kier alpha value is -1.78. The summed E-state index contributed by atoms with van der Waals surface area (Å²) in [5, 5.41) is -8.35. The second-order valence-corrected chi connectivity index (χ2v) is 3.80. The first-order valence-corrected chi connectivity index (χ1v) is 5.07. The Kier molecular flexibility index (Phi) is 5.80. The largest absolute Gasteiger partial charge is 0.297 e. The molecule has 0 bridgehead atoms. The number of amides is 2. The van der Waals surface area contributed by atoms with Gasteiger partial charge in [0.1, 0.15) is 0 Å². The van der Waals surface area contributed by atoms with Gasteiger partial charge in [0.15, 0.2) is 24.7 Å². The third kappa shape index (κ3) is 3.03. The van der Waals surface area contributed by atoms with Gasteiger partial charge in [-0.2, -0.15) is 0 Å². The molecular formula is C6H6F8N6O2. The van der Waals surface area contributed by atoms with Crippen LogP contribution in [0.3, 0.4) is 0 Å². The topological polar surface area (TPSA) is 53.6 Å². The molecule has 4 atom stereocenters. The minimum Gasteiger partial charge on any atom is -0.297 e. The number of nitrogens with zero attached hydrogens (tertiary/aromatic N) is 6. The summed E-state index contributed by atoms with van der Waals surface area (Å²) >= 11 is 0. The average molecular weight is 346 g/mol. The van der Waals surface area contributed by atoms with Gasteiger partial charge in [-0.15, -0.1) is 0 Å². The first-order chi connectivity index (χ1) is 10.2. The number of piperazine rings is 1. The molecule has 0 radical (unpaired) electrons. The van der Waals surface area contributed by atoms with Crippen molar-refractivity contribution in [2.24, 2.45) is 0 Å². The van der Waals surface area contributed by atoms with E-state index < -0.39 is 68.7 Å². The predicted octanol–water partition coefficient (Wildman–Crippen LogP) is 0.505. The number of halogens is 8. The fourth-order valence-electron chi connectivity index (χ4n) is 1.98. The van der Waals surface area contributed by atoms with Crippen molar-refractivity contribution in [2.75, 3.05) is 0 Å². The quantitative estimate of drug-likeness (QED) is 0.397. The molecule has 0 aromatic rings. The summed E-state index contributed by atoms with van der Waals surface area (Å²) in [7, 11) is 0.